The van der Waals surface area contributed by atoms with Gasteiger partial charge in [-0.3, -0.25) is 0 Å². The molecule has 0 atom stereocenters. The number of nitrogens with zero attached hydrogens (tertiary/aromatic N) is 3. The minimum atomic E-state index is -0.327. The quantitative estimate of drug-likeness (QED) is 0.197. The summed E-state index contributed by atoms with van der Waals surface area (Å²) in [4.78, 5) is 1.74. The van der Waals surface area contributed by atoms with Crippen molar-refractivity contribution in [3.63, 3.8) is 0 Å². The number of halogens is 2. The molecule has 0 saturated carbocycles. The maximum atomic E-state index is 13.6. The number of thiophene rings is 1. The van der Waals surface area contributed by atoms with Crippen molar-refractivity contribution in [2.24, 2.45) is 0 Å². The van der Waals surface area contributed by atoms with Crippen molar-refractivity contribution in [2.75, 3.05) is 0 Å². The van der Waals surface area contributed by atoms with Gasteiger partial charge >= 0.3 is 0 Å². The molecule has 1 heterocycles. The Morgan fingerprint density at radius 2 is 0.976 bits per heavy atom. The first-order valence-electron chi connectivity index (χ1n) is 13.1. The van der Waals surface area contributed by atoms with Crippen molar-refractivity contribution in [2.45, 2.75) is 6.92 Å². The van der Waals surface area contributed by atoms with Gasteiger partial charge in [0.05, 0.1) is 6.07 Å². The Morgan fingerprint density at radius 3 is 1.43 bits per heavy atom. The minimum absolute atomic E-state index is 0.0144. The van der Waals surface area contributed by atoms with Crippen LogP contribution in [0.5, 0.6) is 0 Å². The van der Waals surface area contributed by atoms with Gasteiger partial charge in [0.15, 0.2) is 0 Å². The first-order chi connectivity index (χ1) is 20.4. The third-order valence-corrected chi connectivity index (χ3v) is 9.08. The van der Waals surface area contributed by atoms with Crippen molar-refractivity contribution in [3.05, 3.63) is 129 Å². The number of rotatable bonds is 2. The molecule has 0 aliphatic heterocycles. The second kappa shape index (κ2) is 9.50. The zero-order valence-electron chi connectivity index (χ0n) is 22.1. The molecule has 0 fully saturated rings. The second-order valence-corrected chi connectivity index (χ2v) is 11.2. The Hall–Kier alpha value is -5.61. The van der Waals surface area contributed by atoms with Crippen LogP contribution in [-0.2, 0) is 0 Å². The lowest BCUT2D eigenvalue weighted by Crippen LogP contribution is -1.89. The number of nitriles is 3. The number of allylic oxidation sites excluding steroid dienone is 2. The third kappa shape index (κ3) is 3.66. The largest absolute Gasteiger partial charge is 0.207 e. The molecule has 0 bridgehead atoms. The highest BCUT2D eigenvalue weighted by Gasteiger charge is 2.39. The maximum absolute atomic E-state index is 13.6. The van der Waals surface area contributed by atoms with Gasteiger partial charge in [-0.1, -0.05) is 48.5 Å². The molecule has 2 aliphatic carbocycles. The molecule has 42 heavy (non-hydrogen) atoms. The van der Waals surface area contributed by atoms with E-state index in [4.69, 9.17) is 0 Å². The summed E-state index contributed by atoms with van der Waals surface area (Å²) in [5.41, 5.74) is 10.9. The van der Waals surface area contributed by atoms with Gasteiger partial charge in [-0.05, 0) is 87.8 Å². The highest BCUT2D eigenvalue weighted by molar-refractivity contribution is 7.16. The molecule has 0 radical (unpaired) electrons. The van der Waals surface area contributed by atoms with E-state index in [2.05, 4.69) is 18.2 Å². The Labute approximate surface area is 244 Å². The molecule has 196 valence electrons. The molecule has 2 aliphatic rings. The third-order valence-electron chi connectivity index (χ3n) is 7.85. The molecule has 7 rings (SSSR count). The van der Waals surface area contributed by atoms with Gasteiger partial charge < -0.3 is 0 Å². The van der Waals surface area contributed by atoms with Crippen LogP contribution < -0.4 is 0 Å². The van der Waals surface area contributed by atoms with Gasteiger partial charge in [0.1, 0.15) is 29.3 Å². The lowest BCUT2D eigenvalue weighted by Gasteiger charge is -2.09. The van der Waals surface area contributed by atoms with Crippen molar-refractivity contribution in [3.8, 4) is 62.7 Å². The van der Waals surface area contributed by atoms with Crippen molar-refractivity contribution < 1.29 is 8.78 Å². The predicted octanol–water partition coefficient (Wildman–Crippen LogP) is 9.52. The van der Waals surface area contributed by atoms with Crippen LogP contribution >= 0.6 is 11.3 Å². The van der Waals surface area contributed by atoms with Crippen molar-refractivity contribution in [1.82, 2.24) is 0 Å². The first-order valence-corrected chi connectivity index (χ1v) is 13.9. The fourth-order valence-electron chi connectivity index (χ4n) is 5.94. The Bertz CT molecular complexity index is 2160. The SMILES string of the molecule is C/C(C#N)=C1/c2cc(-c3ccc(F)cc3)ccc2-c2c1sc1c2-c2ccc(-c3ccc(F)cc3)cc2C1=C(C#N)C#N. The summed E-state index contributed by atoms with van der Waals surface area (Å²) in [6.07, 6.45) is 0. The molecule has 1 aromatic heterocycles. The molecule has 0 spiro atoms. The van der Waals surface area contributed by atoms with E-state index in [1.54, 1.807) is 31.2 Å². The summed E-state index contributed by atoms with van der Waals surface area (Å²) in [5.74, 6) is -0.634. The van der Waals surface area contributed by atoms with Crippen LogP contribution in [0.1, 0.15) is 27.8 Å². The van der Waals surface area contributed by atoms with Gasteiger partial charge in [0.2, 0.25) is 0 Å². The first kappa shape index (κ1) is 25.4. The van der Waals surface area contributed by atoms with E-state index in [0.29, 0.717) is 11.1 Å². The number of fused-ring (bicyclic) bond motifs is 7. The number of hydrogen-bond acceptors (Lipinski definition) is 4. The zero-order chi connectivity index (χ0) is 29.1. The fraction of sp³-hybridized carbons (Fsp3) is 0.0278. The Balaban J connectivity index is 1.50. The van der Waals surface area contributed by atoms with Crippen molar-refractivity contribution in [1.29, 1.82) is 15.8 Å². The maximum Gasteiger partial charge on any atom is 0.138 e. The van der Waals surface area contributed by atoms with Gasteiger partial charge in [0, 0.05) is 37.6 Å². The van der Waals surface area contributed by atoms with Crippen LogP contribution in [0.3, 0.4) is 0 Å². The standard InChI is InChI=1S/C36H17F2N3S/c1-19(16-39)31-29-14-22(20-2-8-25(37)9-3-20)6-12-27(29)33-34-28-13-7-23(21-4-10-26(38)11-5-21)15-30(28)32(24(17-40)18-41)36(34)42-35(31)33/h2-15H,1H3/b31-19+. The van der Waals surface area contributed by atoms with Crippen LogP contribution in [0.4, 0.5) is 8.78 Å². The number of benzene rings is 4. The summed E-state index contributed by atoms with van der Waals surface area (Å²) in [6, 6.07) is 31.0. The molecule has 0 unspecified atom stereocenters. The summed E-state index contributed by atoms with van der Waals surface area (Å²) in [6.45, 7) is 1.79. The highest BCUT2D eigenvalue weighted by Crippen LogP contribution is 2.61. The zero-order valence-corrected chi connectivity index (χ0v) is 22.9. The summed E-state index contributed by atoms with van der Waals surface area (Å²) >= 11 is 1.48. The Kier molecular flexibility index (Phi) is 5.73. The van der Waals surface area contributed by atoms with E-state index < -0.39 is 0 Å². The molecule has 3 nitrogen and oxygen atoms in total. The Morgan fingerprint density at radius 1 is 0.548 bits per heavy atom. The van der Waals surface area contributed by atoms with Crippen LogP contribution in [0.15, 0.2) is 96.1 Å². The van der Waals surface area contributed by atoms with Gasteiger partial charge in [-0.15, -0.1) is 11.3 Å². The minimum Gasteiger partial charge on any atom is -0.207 e. The molecule has 0 amide bonds. The van der Waals surface area contributed by atoms with Crippen LogP contribution in [-0.4, -0.2) is 0 Å². The predicted molar refractivity (Wildman–Crippen MR) is 161 cm³/mol. The van der Waals surface area contributed by atoms with E-state index in [-0.39, 0.29) is 17.2 Å². The molecule has 0 saturated heterocycles. The van der Waals surface area contributed by atoms with E-state index >= 15 is 0 Å². The summed E-state index contributed by atoms with van der Waals surface area (Å²) < 4.78 is 27.2. The van der Waals surface area contributed by atoms with E-state index in [9.17, 15) is 24.6 Å². The van der Waals surface area contributed by atoms with Gasteiger partial charge in [-0.2, -0.15) is 15.8 Å². The average Bonchev–Trinajstić information content (AvgIpc) is 3.63. The number of hydrogen-bond donors (Lipinski definition) is 0. The van der Waals surface area contributed by atoms with Gasteiger partial charge in [-0.25, -0.2) is 8.78 Å². The average molecular weight is 562 g/mol. The highest BCUT2D eigenvalue weighted by atomic mass is 32.1. The van der Waals surface area contributed by atoms with Crippen LogP contribution in [0.25, 0.3) is 55.7 Å². The van der Waals surface area contributed by atoms with Gasteiger partial charge in [0.25, 0.3) is 0 Å². The topological polar surface area (TPSA) is 71.4 Å². The van der Waals surface area contributed by atoms with E-state index in [1.807, 2.05) is 36.4 Å². The van der Waals surface area contributed by atoms with Crippen molar-refractivity contribution >= 4 is 22.5 Å². The smallest absolute Gasteiger partial charge is 0.138 e. The van der Waals surface area contributed by atoms with E-state index in [1.165, 1.54) is 35.6 Å². The molecule has 0 N–H and O–H groups in total. The molecular weight excluding hydrogens is 544 g/mol. The van der Waals surface area contributed by atoms with E-state index in [0.717, 1.165) is 71.0 Å². The normalized spacial score (nSPS) is 13.3. The second-order valence-electron chi connectivity index (χ2n) is 10.1. The molecular formula is C36H17F2N3S. The fourth-order valence-corrected chi connectivity index (χ4v) is 7.45. The lowest BCUT2D eigenvalue weighted by molar-refractivity contribution is 0.627. The van der Waals surface area contributed by atoms with Crippen LogP contribution in [0.2, 0.25) is 0 Å². The molecule has 4 aromatic carbocycles. The molecule has 6 heteroatoms. The monoisotopic (exact) mass is 561 g/mol. The summed E-state index contributed by atoms with van der Waals surface area (Å²) in [5, 5.41) is 29.9. The lowest BCUT2D eigenvalue weighted by atomic mass is 9.94. The summed E-state index contributed by atoms with van der Waals surface area (Å²) in [7, 11) is 0. The van der Waals surface area contributed by atoms with Crippen LogP contribution in [0, 0.1) is 45.6 Å². The molecule has 5 aromatic rings.